The lowest BCUT2D eigenvalue weighted by Gasteiger charge is -2.02. The summed E-state index contributed by atoms with van der Waals surface area (Å²) in [6, 6.07) is 16.9. The van der Waals surface area contributed by atoms with Crippen LogP contribution in [0.15, 0.2) is 66.2 Å². The fourth-order valence-electron chi connectivity index (χ4n) is 1.86. The summed E-state index contributed by atoms with van der Waals surface area (Å²) in [5, 5.41) is 14.9. The van der Waals surface area contributed by atoms with Crippen LogP contribution in [0.25, 0.3) is 10.6 Å². The number of hydrogen-bond acceptors (Lipinski definition) is 3. The molecule has 0 fully saturated rings. The van der Waals surface area contributed by atoms with Crippen molar-refractivity contribution in [2.24, 2.45) is 0 Å². The van der Waals surface area contributed by atoms with Crippen molar-refractivity contribution in [3.63, 3.8) is 0 Å². The minimum atomic E-state index is 0.622. The Balaban J connectivity index is 1.85. The van der Waals surface area contributed by atoms with Crippen LogP contribution in [-0.4, -0.2) is 15.9 Å². The molecule has 20 heavy (non-hydrogen) atoms. The molecule has 98 valence electrons. The van der Waals surface area contributed by atoms with E-state index in [4.69, 9.17) is 0 Å². The van der Waals surface area contributed by atoms with Gasteiger partial charge in [0.25, 0.3) is 0 Å². The average Bonchev–Trinajstić information content (AvgIpc) is 3.03. The summed E-state index contributed by atoms with van der Waals surface area (Å²) in [4.78, 5) is 4.26. The van der Waals surface area contributed by atoms with E-state index >= 15 is 0 Å². The summed E-state index contributed by atoms with van der Waals surface area (Å²) < 4.78 is 0.873. The summed E-state index contributed by atoms with van der Waals surface area (Å²) in [5.74, 6) is 0. The van der Waals surface area contributed by atoms with E-state index in [-0.39, 0.29) is 0 Å². The first-order chi connectivity index (χ1) is 9.83. The van der Waals surface area contributed by atoms with Gasteiger partial charge < -0.3 is 5.21 Å². The van der Waals surface area contributed by atoms with E-state index < -0.39 is 0 Å². The minimum absolute atomic E-state index is 0.622. The predicted molar refractivity (Wildman–Crippen MR) is 82.4 cm³/mol. The highest BCUT2D eigenvalue weighted by atomic mass is 32.1. The normalized spacial score (nSPS) is 11.5. The second-order valence-corrected chi connectivity index (χ2v) is 5.14. The SMILES string of the molecule is [O-]/[N+](=C\c1ccc(-c2nccs2)cc1)c1ccccc1. The van der Waals surface area contributed by atoms with Gasteiger partial charge in [-0.3, -0.25) is 0 Å². The molecule has 3 nitrogen and oxygen atoms in total. The average molecular weight is 280 g/mol. The van der Waals surface area contributed by atoms with Crippen LogP contribution in [0.3, 0.4) is 0 Å². The Morgan fingerprint density at radius 3 is 2.40 bits per heavy atom. The molecule has 0 aliphatic heterocycles. The third-order valence-electron chi connectivity index (χ3n) is 2.87. The van der Waals surface area contributed by atoms with Crippen LogP contribution < -0.4 is 0 Å². The minimum Gasteiger partial charge on any atom is -0.618 e. The molecule has 4 heteroatoms. The number of aromatic nitrogens is 1. The molecule has 0 N–H and O–H groups in total. The van der Waals surface area contributed by atoms with Crippen LogP contribution in [0, 0.1) is 5.21 Å². The molecule has 0 saturated heterocycles. The van der Waals surface area contributed by atoms with Crippen LogP contribution in [0.1, 0.15) is 5.56 Å². The van der Waals surface area contributed by atoms with Gasteiger partial charge in [0.05, 0.1) is 0 Å². The van der Waals surface area contributed by atoms with Crippen molar-refractivity contribution < 1.29 is 4.74 Å². The summed E-state index contributed by atoms with van der Waals surface area (Å²) in [7, 11) is 0. The maximum Gasteiger partial charge on any atom is 0.216 e. The lowest BCUT2D eigenvalue weighted by atomic mass is 10.1. The molecular weight excluding hydrogens is 268 g/mol. The maximum absolute atomic E-state index is 12.0. The summed E-state index contributed by atoms with van der Waals surface area (Å²) in [6.07, 6.45) is 3.36. The van der Waals surface area contributed by atoms with Crippen LogP contribution in [0.5, 0.6) is 0 Å². The van der Waals surface area contributed by atoms with Crippen molar-refractivity contribution in [1.29, 1.82) is 0 Å². The van der Waals surface area contributed by atoms with Crippen molar-refractivity contribution in [3.8, 4) is 10.6 Å². The quantitative estimate of drug-likeness (QED) is 0.314. The first-order valence-corrected chi connectivity index (χ1v) is 7.07. The van der Waals surface area contributed by atoms with Gasteiger partial charge in [-0.1, -0.05) is 30.3 Å². The molecule has 0 bridgehead atoms. The first-order valence-electron chi connectivity index (χ1n) is 6.19. The van der Waals surface area contributed by atoms with Gasteiger partial charge in [-0.05, 0) is 12.1 Å². The molecule has 3 rings (SSSR count). The van der Waals surface area contributed by atoms with Gasteiger partial charge in [0, 0.05) is 34.8 Å². The van der Waals surface area contributed by atoms with Crippen molar-refractivity contribution in [2.45, 2.75) is 0 Å². The largest absolute Gasteiger partial charge is 0.618 e. The Morgan fingerprint density at radius 1 is 1.00 bits per heavy atom. The molecule has 0 aliphatic carbocycles. The fraction of sp³-hybridized carbons (Fsp3) is 0. The Kier molecular flexibility index (Phi) is 3.56. The molecule has 0 saturated carbocycles. The third kappa shape index (κ3) is 2.75. The third-order valence-corrected chi connectivity index (χ3v) is 3.69. The molecule has 0 atom stereocenters. The second kappa shape index (κ2) is 5.67. The Labute approximate surface area is 121 Å². The Hall–Kier alpha value is -2.46. The standard InChI is InChI=1S/C16H12N2OS/c19-18(15-4-2-1-3-5-15)12-13-6-8-14(9-7-13)16-17-10-11-20-16/h1-12H/b18-12-. The van der Waals surface area contributed by atoms with Crippen molar-refractivity contribution in [3.05, 3.63) is 76.9 Å². The van der Waals surface area contributed by atoms with E-state index in [0.29, 0.717) is 5.69 Å². The smallest absolute Gasteiger partial charge is 0.216 e. The van der Waals surface area contributed by atoms with Crippen LogP contribution >= 0.6 is 11.3 Å². The topological polar surface area (TPSA) is 39.0 Å². The van der Waals surface area contributed by atoms with Crippen molar-refractivity contribution in [1.82, 2.24) is 4.98 Å². The lowest BCUT2D eigenvalue weighted by molar-refractivity contribution is -0.354. The molecule has 0 amide bonds. The number of hydrogen-bond donors (Lipinski definition) is 0. The van der Waals surface area contributed by atoms with Crippen LogP contribution in [-0.2, 0) is 0 Å². The highest BCUT2D eigenvalue weighted by Crippen LogP contribution is 2.21. The highest BCUT2D eigenvalue weighted by molar-refractivity contribution is 7.13. The van der Waals surface area contributed by atoms with Gasteiger partial charge in [-0.25, -0.2) is 4.98 Å². The second-order valence-electron chi connectivity index (χ2n) is 4.25. The monoisotopic (exact) mass is 280 g/mol. The molecule has 0 spiro atoms. The van der Waals surface area contributed by atoms with E-state index in [1.54, 1.807) is 35.9 Å². The number of nitrogens with zero attached hydrogens (tertiary/aromatic N) is 2. The lowest BCUT2D eigenvalue weighted by Crippen LogP contribution is -1.98. The van der Waals surface area contributed by atoms with Gasteiger partial charge >= 0.3 is 0 Å². The number of thiazole rings is 1. The maximum atomic E-state index is 12.0. The zero-order chi connectivity index (χ0) is 13.8. The Bertz CT molecular complexity index is 704. The predicted octanol–water partition coefficient (Wildman–Crippen LogP) is 4.07. The van der Waals surface area contributed by atoms with E-state index in [2.05, 4.69) is 4.98 Å². The zero-order valence-corrected chi connectivity index (χ0v) is 11.5. The van der Waals surface area contributed by atoms with E-state index in [0.717, 1.165) is 20.9 Å². The molecule has 3 aromatic rings. The van der Waals surface area contributed by atoms with Gasteiger partial charge in [-0.15, -0.1) is 11.3 Å². The molecule has 0 unspecified atom stereocenters. The number of benzene rings is 2. The van der Waals surface area contributed by atoms with Crippen molar-refractivity contribution in [2.75, 3.05) is 0 Å². The van der Waals surface area contributed by atoms with Gasteiger partial charge in [0.2, 0.25) is 5.69 Å². The summed E-state index contributed by atoms with van der Waals surface area (Å²) in [5.41, 5.74) is 2.55. The zero-order valence-electron chi connectivity index (χ0n) is 10.6. The van der Waals surface area contributed by atoms with Gasteiger partial charge in [-0.2, -0.15) is 4.74 Å². The summed E-state index contributed by atoms with van der Waals surface area (Å²) in [6.45, 7) is 0. The van der Waals surface area contributed by atoms with Crippen LogP contribution in [0.4, 0.5) is 5.69 Å². The highest BCUT2D eigenvalue weighted by Gasteiger charge is 2.02. The molecule has 0 aliphatic rings. The molecule has 0 radical (unpaired) electrons. The number of rotatable bonds is 3. The van der Waals surface area contributed by atoms with E-state index in [1.807, 2.05) is 47.8 Å². The number of para-hydroxylation sites is 1. The molecule has 2 aromatic carbocycles. The van der Waals surface area contributed by atoms with E-state index in [9.17, 15) is 5.21 Å². The van der Waals surface area contributed by atoms with Crippen LogP contribution in [0.2, 0.25) is 0 Å². The van der Waals surface area contributed by atoms with Crippen molar-refractivity contribution >= 4 is 23.2 Å². The molecule has 1 heterocycles. The molecule has 1 aromatic heterocycles. The fourth-order valence-corrected chi connectivity index (χ4v) is 2.51. The Morgan fingerprint density at radius 2 is 1.75 bits per heavy atom. The van der Waals surface area contributed by atoms with E-state index in [1.165, 1.54) is 0 Å². The summed E-state index contributed by atoms with van der Waals surface area (Å²) >= 11 is 1.60. The first kappa shape index (κ1) is 12.6. The van der Waals surface area contributed by atoms with Gasteiger partial charge in [0.1, 0.15) is 5.01 Å². The van der Waals surface area contributed by atoms with Gasteiger partial charge in [0.15, 0.2) is 6.21 Å². The molecular formula is C16H12N2OS.